The van der Waals surface area contributed by atoms with Crippen LogP contribution in [-0.2, 0) is 4.79 Å². The molecule has 2 unspecified atom stereocenters. The third-order valence-corrected chi connectivity index (χ3v) is 6.75. The SMILES string of the molecule is CCC1Oc2ccc(-c3csc(-c4ccccn4)n3)cc2N(C(C)C(=O)c2ccccc2)C1=O. The molecule has 0 bridgehead atoms. The fourth-order valence-electron chi connectivity index (χ4n) is 4.07. The van der Waals surface area contributed by atoms with Gasteiger partial charge in [-0.15, -0.1) is 11.3 Å². The molecule has 6 nitrogen and oxygen atoms in total. The summed E-state index contributed by atoms with van der Waals surface area (Å²) in [6, 6.07) is 19.8. The van der Waals surface area contributed by atoms with Crippen LogP contribution in [0.25, 0.3) is 22.0 Å². The Labute approximate surface area is 201 Å². The average molecular weight is 470 g/mol. The molecule has 2 aromatic carbocycles. The number of Topliss-reactive ketones (excluding diaryl/α,β-unsaturated/α-hetero) is 1. The largest absolute Gasteiger partial charge is 0.478 e. The van der Waals surface area contributed by atoms with Crippen LogP contribution in [-0.4, -0.2) is 33.8 Å². The molecule has 1 amide bonds. The van der Waals surface area contributed by atoms with Gasteiger partial charge in [-0.05, 0) is 43.7 Å². The van der Waals surface area contributed by atoms with Gasteiger partial charge in [-0.25, -0.2) is 4.98 Å². The maximum Gasteiger partial charge on any atom is 0.268 e. The highest BCUT2D eigenvalue weighted by Crippen LogP contribution is 2.40. The van der Waals surface area contributed by atoms with Crippen molar-refractivity contribution < 1.29 is 14.3 Å². The minimum Gasteiger partial charge on any atom is -0.478 e. The first-order chi connectivity index (χ1) is 16.6. The number of nitrogens with zero attached hydrogens (tertiary/aromatic N) is 3. The van der Waals surface area contributed by atoms with E-state index in [0.717, 1.165) is 22.0 Å². The summed E-state index contributed by atoms with van der Waals surface area (Å²) >= 11 is 1.51. The molecule has 0 aliphatic carbocycles. The second-order valence-electron chi connectivity index (χ2n) is 8.06. The van der Waals surface area contributed by atoms with Crippen LogP contribution in [0.3, 0.4) is 0 Å². The van der Waals surface area contributed by atoms with Crippen LogP contribution in [0.15, 0.2) is 78.3 Å². The maximum absolute atomic E-state index is 13.4. The van der Waals surface area contributed by atoms with Gasteiger partial charge in [0.15, 0.2) is 11.9 Å². The number of pyridine rings is 1. The Hall–Kier alpha value is -3.84. The van der Waals surface area contributed by atoms with E-state index < -0.39 is 12.1 Å². The van der Waals surface area contributed by atoms with Gasteiger partial charge in [0, 0.05) is 22.7 Å². The number of anilines is 1. The molecule has 34 heavy (non-hydrogen) atoms. The first-order valence-corrected chi connectivity index (χ1v) is 12.0. The van der Waals surface area contributed by atoms with Gasteiger partial charge in [-0.2, -0.15) is 0 Å². The van der Waals surface area contributed by atoms with E-state index in [0.29, 0.717) is 23.4 Å². The molecule has 3 heterocycles. The van der Waals surface area contributed by atoms with Crippen molar-refractivity contribution in [1.29, 1.82) is 0 Å². The zero-order chi connectivity index (χ0) is 23.7. The highest BCUT2D eigenvalue weighted by atomic mass is 32.1. The summed E-state index contributed by atoms with van der Waals surface area (Å²) in [5.41, 5.74) is 3.58. The Morgan fingerprint density at radius 3 is 2.62 bits per heavy atom. The van der Waals surface area contributed by atoms with Crippen LogP contribution in [0.2, 0.25) is 0 Å². The first kappa shape index (κ1) is 22.0. The van der Waals surface area contributed by atoms with Crippen molar-refractivity contribution in [2.75, 3.05) is 4.90 Å². The van der Waals surface area contributed by atoms with E-state index in [1.165, 1.54) is 11.3 Å². The number of amides is 1. The fraction of sp³-hybridized carbons (Fsp3) is 0.185. The second-order valence-corrected chi connectivity index (χ2v) is 8.92. The van der Waals surface area contributed by atoms with Gasteiger partial charge in [-0.3, -0.25) is 19.5 Å². The molecule has 0 N–H and O–H groups in total. The molecule has 1 aliphatic heterocycles. The predicted octanol–water partition coefficient (Wildman–Crippen LogP) is 5.65. The molecule has 1 aliphatic rings. The molecule has 0 saturated carbocycles. The number of hydrogen-bond acceptors (Lipinski definition) is 6. The van der Waals surface area contributed by atoms with Crippen LogP contribution >= 0.6 is 11.3 Å². The molecule has 0 fully saturated rings. The summed E-state index contributed by atoms with van der Waals surface area (Å²) in [6.45, 7) is 3.67. The summed E-state index contributed by atoms with van der Waals surface area (Å²) in [4.78, 5) is 37.3. The predicted molar refractivity (Wildman–Crippen MR) is 133 cm³/mol. The Morgan fingerprint density at radius 2 is 1.88 bits per heavy atom. The molecule has 0 spiro atoms. The van der Waals surface area contributed by atoms with E-state index in [9.17, 15) is 9.59 Å². The van der Waals surface area contributed by atoms with Gasteiger partial charge < -0.3 is 4.74 Å². The smallest absolute Gasteiger partial charge is 0.268 e. The molecular formula is C27H23N3O3S. The highest BCUT2D eigenvalue weighted by Gasteiger charge is 2.38. The van der Waals surface area contributed by atoms with Crippen LogP contribution in [0.1, 0.15) is 30.6 Å². The summed E-state index contributed by atoms with van der Waals surface area (Å²) in [7, 11) is 0. The zero-order valence-corrected chi connectivity index (χ0v) is 19.7. The van der Waals surface area contributed by atoms with E-state index in [4.69, 9.17) is 9.72 Å². The minimum absolute atomic E-state index is 0.117. The van der Waals surface area contributed by atoms with Crippen molar-refractivity contribution in [2.45, 2.75) is 32.4 Å². The lowest BCUT2D eigenvalue weighted by atomic mass is 10.00. The van der Waals surface area contributed by atoms with Crippen LogP contribution in [0, 0.1) is 0 Å². The van der Waals surface area contributed by atoms with Crippen molar-refractivity contribution in [2.24, 2.45) is 0 Å². The van der Waals surface area contributed by atoms with Crippen molar-refractivity contribution in [1.82, 2.24) is 9.97 Å². The molecule has 0 radical (unpaired) electrons. The number of carbonyl (C=O) groups excluding carboxylic acids is 2. The Kier molecular flexibility index (Phi) is 5.94. The monoisotopic (exact) mass is 469 g/mol. The fourth-order valence-corrected chi connectivity index (χ4v) is 4.88. The van der Waals surface area contributed by atoms with Gasteiger partial charge in [0.1, 0.15) is 10.8 Å². The molecular weight excluding hydrogens is 446 g/mol. The van der Waals surface area contributed by atoms with E-state index in [-0.39, 0.29) is 11.7 Å². The number of ether oxygens (including phenoxy) is 1. The van der Waals surface area contributed by atoms with E-state index in [1.54, 1.807) is 30.2 Å². The van der Waals surface area contributed by atoms with Crippen molar-refractivity contribution in [3.05, 3.63) is 83.9 Å². The van der Waals surface area contributed by atoms with Gasteiger partial charge in [0.2, 0.25) is 0 Å². The number of rotatable bonds is 6. The molecule has 2 atom stereocenters. The third kappa shape index (κ3) is 3.99. The number of aromatic nitrogens is 2. The van der Waals surface area contributed by atoms with E-state index in [1.807, 2.05) is 66.9 Å². The normalized spacial score (nSPS) is 16.0. The first-order valence-electron chi connectivity index (χ1n) is 11.2. The molecule has 0 saturated heterocycles. The lowest BCUT2D eigenvalue weighted by Crippen LogP contribution is -2.52. The number of fused-ring (bicyclic) bond motifs is 1. The minimum atomic E-state index is -0.679. The van der Waals surface area contributed by atoms with Crippen molar-refractivity contribution in [3.8, 4) is 27.7 Å². The number of thiazole rings is 1. The van der Waals surface area contributed by atoms with Gasteiger partial charge in [0.25, 0.3) is 5.91 Å². The van der Waals surface area contributed by atoms with Crippen molar-refractivity contribution in [3.63, 3.8) is 0 Å². The van der Waals surface area contributed by atoms with Gasteiger partial charge >= 0.3 is 0 Å². The Balaban J connectivity index is 1.54. The summed E-state index contributed by atoms with van der Waals surface area (Å²) < 4.78 is 5.99. The number of carbonyl (C=O) groups is 2. The highest BCUT2D eigenvalue weighted by molar-refractivity contribution is 7.13. The van der Waals surface area contributed by atoms with Gasteiger partial charge in [0.05, 0.1) is 23.1 Å². The zero-order valence-electron chi connectivity index (χ0n) is 18.8. The molecule has 5 rings (SSSR count). The number of hydrogen-bond donors (Lipinski definition) is 0. The maximum atomic E-state index is 13.4. The summed E-state index contributed by atoms with van der Waals surface area (Å²) in [6.07, 6.45) is 1.63. The van der Waals surface area contributed by atoms with Crippen LogP contribution in [0.5, 0.6) is 5.75 Å². The lowest BCUT2D eigenvalue weighted by Gasteiger charge is -2.37. The molecule has 4 aromatic rings. The van der Waals surface area contributed by atoms with E-state index in [2.05, 4.69) is 4.98 Å². The average Bonchev–Trinajstić information content (AvgIpc) is 3.39. The second kappa shape index (κ2) is 9.19. The standard InChI is InChI=1S/C27H23N3O3S/c1-3-23-27(32)30(17(2)25(31)18-9-5-4-6-10-18)22-15-19(12-13-24(22)33-23)21-16-34-26(29-21)20-11-7-8-14-28-20/h4-17,23H,3H2,1-2H3. The summed E-state index contributed by atoms with van der Waals surface area (Å²) in [5, 5.41) is 2.78. The molecule has 170 valence electrons. The quantitative estimate of drug-likeness (QED) is 0.341. The van der Waals surface area contributed by atoms with Crippen LogP contribution in [0.4, 0.5) is 5.69 Å². The summed E-state index contributed by atoms with van der Waals surface area (Å²) in [5.74, 6) is 0.257. The van der Waals surface area contributed by atoms with Gasteiger partial charge in [-0.1, -0.05) is 43.3 Å². The lowest BCUT2D eigenvalue weighted by molar-refractivity contribution is -0.126. The third-order valence-electron chi connectivity index (χ3n) is 5.88. The molecule has 2 aromatic heterocycles. The Morgan fingerprint density at radius 1 is 1.09 bits per heavy atom. The topological polar surface area (TPSA) is 72.4 Å². The Bertz CT molecular complexity index is 1340. The number of ketones is 1. The van der Waals surface area contributed by atoms with Crippen LogP contribution < -0.4 is 9.64 Å². The van der Waals surface area contributed by atoms with Crippen molar-refractivity contribution >= 4 is 28.7 Å². The number of benzene rings is 2. The van der Waals surface area contributed by atoms with E-state index >= 15 is 0 Å². The molecule has 7 heteroatoms.